The lowest BCUT2D eigenvalue weighted by atomic mass is 10.2. The second-order valence-corrected chi connectivity index (χ2v) is 7.83. The van der Waals surface area contributed by atoms with Gasteiger partial charge in [0.15, 0.2) is 0 Å². The lowest BCUT2D eigenvalue weighted by Gasteiger charge is -2.10. The van der Waals surface area contributed by atoms with Gasteiger partial charge in [-0.1, -0.05) is 18.2 Å². The lowest BCUT2D eigenvalue weighted by molar-refractivity contribution is -0.119. The molecule has 0 bridgehead atoms. The molecule has 2 aromatic heterocycles. The fourth-order valence-electron chi connectivity index (χ4n) is 3.06. The SMILES string of the molecule is COc1ccc(-c2nc(CSCC(=O)NC(C)c3cc4ccccc4o3)co2)cc1. The molecule has 154 valence electrons. The number of thioether (sulfide) groups is 1. The molecular formula is C23H22N2O4S. The predicted octanol–water partition coefficient (Wildman–Crippen LogP) is 5.21. The molecule has 0 spiro atoms. The molecule has 0 aliphatic heterocycles. The van der Waals surface area contributed by atoms with Gasteiger partial charge in [-0.3, -0.25) is 4.79 Å². The monoisotopic (exact) mass is 422 g/mol. The van der Waals surface area contributed by atoms with Crippen LogP contribution in [0.1, 0.15) is 24.4 Å². The first-order chi connectivity index (χ1) is 14.6. The zero-order valence-corrected chi connectivity index (χ0v) is 17.6. The van der Waals surface area contributed by atoms with Crippen molar-refractivity contribution in [2.75, 3.05) is 12.9 Å². The van der Waals surface area contributed by atoms with Crippen LogP contribution in [0.4, 0.5) is 0 Å². The van der Waals surface area contributed by atoms with E-state index in [1.54, 1.807) is 13.4 Å². The molecule has 4 rings (SSSR count). The van der Waals surface area contributed by atoms with E-state index < -0.39 is 0 Å². The van der Waals surface area contributed by atoms with Gasteiger partial charge in [0.2, 0.25) is 11.8 Å². The van der Waals surface area contributed by atoms with Gasteiger partial charge < -0.3 is 18.9 Å². The van der Waals surface area contributed by atoms with Gasteiger partial charge in [-0.2, -0.15) is 0 Å². The fraction of sp³-hybridized carbons (Fsp3) is 0.217. The van der Waals surface area contributed by atoms with Crippen LogP contribution in [0.15, 0.2) is 69.7 Å². The fourth-order valence-corrected chi connectivity index (χ4v) is 3.77. The Morgan fingerprint density at radius 2 is 2.00 bits per heavy atom. The Morgan fingerprint density at radius 3 is 2.77 bits per heavy atom. The van der Waals surface area contributed by atoms with E-state index in [-0.39, 0.29) is 11.9 Å². The smallest absolute Gasteiger partial charge is 0.230 e. The summed E-state index contributed by atoms with van der Waals surface area (Å²) in [5.41, 5.74) is 2.50. The summed E-state index contributed by atoms with van der Waals surface area (Å²) in [5, 5.41) is 4.01. The number of oxazole rings is 1. The van der Waals surface area contributed by atoms with Crippen molar-refractivity contribution in [3.63, 3.8) is 0 Å². The maximum atomic E-state index is 12.3. The number of hydrogen-bond acceptors (Lipinski definition) is 6. The number of aromatic nitrogens is 1. The first-order valence-electron chi connectivity index (χ1n) is 9.57. The van der Waals surface area contributed by atoms with Crippen molar-refractivity contribution >= 4 is 28.6 Å². The highest BCUT2D eigenvalue weighted by Crippen LogP contribution is 2.25. The number of benzene rings is 2. The molecule has 0 saturated heterocycles. The second kappa shape index (κ2) is 9.09. The Balaban J connectivity index is 1.26. The zero-order valence-electron chi connectivity index (χ0n) is 16.8. The summed E-state index contributed by atoms with van der Waals surface area (Å²) < 4.78 is 16.5. The van der Waals surface area contributed by atoms with Crippen LogP contribution in [-0.2, 0) is 10.5 Å². The molecule has 0 radical (unpaired) electrons. The maximum Gasteiger partial charge on any atom is 0.230 e. The molecule has 2 aromatic carbocycles. The number of para-hydroxylation sites is 1. The van der Waals surface area contributed by atoms with E-state index in [9.17, 15) is 4.79 Å². The van der Waals surface area contributed by atoms with Crippen molar-refractivity contribution < 1.29 is 18.4 Å². The van der Waals surface area contributed by atoms with Crippen molar-refractivity contribution in [3.05, 3.63) is 72.3 Å². The Morgan fingerprint density at radius 1 is 1.20 bits per heavy atom. The summed E-state index contributed by atoms with van der Waals surface area (Å²) in [7, 11) is 1.63. The van der Waals surface area contributed by atoms with Crippen molar-refractivity contribution in [2.24, 2.45) is 0 Å². The number of nitrogens with one attached hydrogen (secondary N) is 1. The minimum Gasteiger partial charge on any atom is -0.497 e. The summed E-state index contributed by atoms with van der Waals surface area (Å²) in [4.78, 5) is 16.8. The van der Waals surface area contributed by atoms with Gasteiger partial charge in [0.1, 0.15) is 23.4 Å². The molecule has 2 heterocycles. The van der Waals surface area contributed by atoms with Gasteiger partial charge in [0.25, 0.3) is 0 Å². The molecular weight excluding hydrogens is 400 g/mol. The molecule has 4 aromatic rings. The number of carbonyl (C=O) groups excluding carboxylic acids is 1. The van der Waals surface area contributed by atoms with Crippen molar-refractivity contribution in [2.45, 2.75) is 18.7 Å². The third-order valence-electron chi connectivity index (χ3n) is 4.62. The number of fused-ring (bicyclic) bond motifs is 1. The molecule has 0 aliphatic rings. The summed E-state index contributed by atoms with van der Waals surface area (Å²) in [6, 6.07) is 17.1. The molecule has 1 amide bonds. The molecule has 7 heteroatoms. The van der Waals surface area contributed by atoms with E-state index >= 15 is 0 Å². The van der Waals surface area contributed by atoms with E-state index in [0.29, 0.717) is 17.4 Å². The number of ether oxygens (including phenoxy) is 1. The number of methoxy groups -OCH3 is 1. The number of furan rings is 1. The number of hydrogen-bond donors (Lipinski definition) is 1. The Labute approximate surface area is 178 Å². The third kappa shape index (κ3) is 4.68. The molecule has 0 fully saturated rings. The van der Waals surface area contributed by atoms with Crippen LogP contribution in [0, 0.1) is 0 Å². The first kappa shape index (κ1) is 20.1. The highest BCUT2D eigenvalue weighted by Gasteiger charge is 2.14. The van der Waals surface area contributed by atoms with Gasteiger partial charge in [-0.05, 0) is 43.3 Å². The normalized spacial score (nSPS) is 12.1. The zero-order chi connectivity index (χ0) is 20.9. The van der Waals surface area contributed by atoms with Crippen LogP contribution in [0.3, 0.4) is 0 Å². The van der Waals surface area contributed by atoms with E-state index in [4.69, 9.17) is 13.6 Å². The maximum absolute atomic E-state index is 12.3. The molecule has 0 aliphatic carbocycles. The van der Waals surface area contributed by atoms with Crippen LogP contribution >= 0.6 is 11.8 Å². The topological polar surface area (TPSA) is 77.5 Å². The van der Waals surface area contributed by atoms with Crippen LogP contribution < -0.4 is 10.1 Å². The Hall–Kier alpha value is -3.19. The molecule has 1 N–H and O–H groups in total. The van der Waals surface area contributed by atoms with Crippen LogP contribution in [0.25, 0.3) is 22.4 Å². The van der Waals surface area contributed by atoms with Crippen LogP contribution in [0.2, 0.25) is 0 Å². The van der Waals surface area contributed by atoms with Gasteiger partial charge in [0.05, 0.1) is 24.6 Å². The molecule has 30 heavy (non-hydrogen) atoms. The van der Waals surface area contributed by atoms with Gasteiger partial charge in [0, 0.05) is 16.7 Å². The van der Waals surface area contributed by atoms with E-state index in [1.807, 2.05) is 61.5 Å². The predicted molar refractivity (Wildman–Crippen MR) is 117 cm³/mol. The summed E-state index contributed by atoms with van der Waals surface area (Å²) in [6.07, 6.45) is 1.63. The summed E-state index contributed by atoms with van der Waals surface area (Å²) >= 11 is 1.49. The average molecular weight is 423 g/mol. The second-order valence-electron chi connectivity index (χ2n) is 6.84. The quantitative estimate of drug-likeness (QED) is 0.420. The molecule has 1 unspecified atom stereocenters. The highest BCUT2D eigenvalue weighted by molar-refractivity contribution is 7.99. The van der Waals surface area contributed by atoms with E-state index in [2.05, 4.69) is 10.3 Å². The Kier molecular flexibility index (Phi) is 6.09. The number of amides is 1. The number of nitrogens with zero attached hydrogens (tertiary/aromatic N) is 1. The van der Waals surface area contributed by atoms with Gasteiger partial charge in [-0.15, -0.1) is 11.8 Å². The van der Waals surface area contributed by atoms with Gasteiger partial charge in [-0.25, -0.2) is 4.98 Å². The standard InChI is InChI=1S/C23H22N2O4S/c1-15(21-11-17-5-3-4-6-20(17)29-21)24-22(26)14-30-13-18-12-28-23(25-18)16-7-9-19(27-2)10-8-16/h3-12,15H,13-14H2,1-2H3,(H,24,26). The minimum absolute atomic E-state index is 0.0492. The minimum atomic E-state index is -0.195. The molecule has 0 saturated carbocycles. The third-order valence-corrected chi connectivity index (χ3v) is 5.59. The van der Waals surface area contributed by atoms with Crippen LogP contribution in [0.5, 0.6) is 5.75 Å². The van der Waals surface area contributed by atoms with Gasteiger partial charge >= 0.3 is 0 Å². The van der Waals surface area contributed by atoms with Crippen molar-refractivity contribution in [1.29, 1.82) is 0 Å². The number of rotatable bonds is 8. The summed E-state index contributed by atoms with van der Waals surface area (Å²) in [6.45, 7) is 1.92. The highest BCUT2D eigenvalue weighted by atomic mass is 32.2. The Bertz CT molecular complexity index is 1100. The van der Waals surface area contributed by atoms with Crippen LogP contribution in [-0.4, -0.2) is 23.8 Å². The largest absolute Gasteiger partial charge is 0.497 e. The molecule has 6 nitrogen and oxygen atoms in total. The lowest BCUT2D eigenvalue weighted by Crippen LogP contribution is -2.28. The van der Waals surface area contributed by atoms with E-state index in [0.717, 1.165) is 33.7 Å². The van der Waals surface area contributed by atoms with Crippen molar-refractivity contribution in [3.8, 4) is 17.2 Å². The molecule has 1 atom stereocenters. The summed E-state index contributed by atoms with van der Waals surface area (Å²) in [5.74, 6) is 2.95. The average Bonchev–Trinajstić information content (AvgIpc) is 3.41. The first-order valence-corrected chi connectivity index (χ1v) is 10.7. The van der Waals surface area contributed by atoms with E-state index in [1.165, 1.54) is 11.8 Å². The number of carbonyl (C=O) groups is 1. The van der Waals surface area contributed by atoms with Crippen molar-refractivity contribution in [1.82, 2.24) is 10.3 Å².